The quantitative estimate of drug-likeness (QED) is 0.322. The fourth-order valence-electron chi connectivity index (χ4n) is 3.92. The minimum Gasteiger partial charge on any atom is -0.392 e. The first-order valence-electron chi connectivity index (χ1n) is 12.3. The molecule has 1 aliphatic rings. The molecular formula is C24H47N3O2. The van der Waals surface area contributed by atoms with Crippen molar-refractivity contribution in [1.82, 2.24) is 10.2 Å². The van der Waals surface area contributed by atoms with Crippen molar-refractivity contribution >= 4 is 11.6 Å². The highest BCUT2D eigenvalue weighted by Gasteiger charge is 2.16. The van der Waals surface area contributed by atoms with Crippen molar-refractivity contribution in [3.05, 3.63) is 0 Å². The smallest absolute Gasteiger partial charge is 0.228 e. The molecule has 0 saturated heterocycles. The SMILES string of the molecule is CCCCCCCCCCCCCCC(O)CNCCN1CCN=C(C)CC1=O. The molecule has 0 fully saturated rings. The Hall–Kier alpha value is -0.940. The summed E-state index contributed by atoms with van der Waals surface area (Å²) in [4.78, 5) is 18.3. The van der Waals surface area contributed by atoms with E-state index in [1.807, 2.05) is 11.8 Å². The van der Waals surface area contributed by atoms with Crippen LogP contribution >= 0.6 is 0 Å². The van der Waals surface area contributed by atoms with E-state index in [0.29, 0.717) is 32.6 Å². The third-order valence-electron chi connectivity index (χ3n) is 5.84. The van der Waals surface area contributed by atoms with E-state index < -0.39 is 0 Å². The van der Waals surface area contributed by atoms with Gasteiger partial charge < -0.3 is 15.3 Å². The molecule has 5 heteroatoms. The molecule has 0 aromatic heterocycles. The van der Waals surface area contributed by atoms with Crippen molar-refractivity contribution in [2.24, 2.45) is 4.99 Å². The van der Waals surface area contributed by atoms with Crippen LogP contribution in [0, 0.1) is 0 Å². The van der Waals surface area contributed by atoms with E-state index in [-0.39, 0.29) is 12.0 Å². The second kappa shape index (κ2) is 17.9. The van der Waals surface area contributed by atoms with Crippen LogP contribution in [0.25, 0.3) is 0 Å². The van der Waals surface area contributed by atoms with Gasteiger partial charge in [0.1, 0.15) is 0 Å². The van der Waals surface area contributed by atoms with Gasteiger partial charge >= 0.3 is 0 Å². The normalized spacial score (nSPS) is 16.0. The number of unbranched alkanes of at least 4 members (excludes halogenated alkanes) is 11. The number of aliphatic hydroxyl groups excluding tert-OH is 1. The number of aliphatic hydroxyl groups is 1. The maximum Gasteiger partial charge on any atom is 0.228 e. The fourth-order valence-corrected chi connectivity index (χ4v) is 3.92. The first kappa shape index (κ1) is 26.1. The molecule has 0 spiro atoms. The lowest BCUT2D eigenvalue weighted by molar-refractivity contribution is -0.129. The second-order valence-electron chi connectivity index (χ2n) is 8.71. The van der Waals surface area contributed by atoms with Crippen LogP contribution in [0.4, 0.5) is 0 Å². The van der Waals surface area contributed by atoms with Gasteiger partial charge in [-0.2, -0.15) is 0 Å². The van der Waals surface area contributed by atoms with Crippen molar-refractivity contribution in [1.29, 1.82) is 0 Å². The number of aliphatic imine (C=N–C) groups is 1. The van der Waals surface area contributed by atoms with Gasteiger partial charge in [0.05, 0.1) is 19.1 Å². The van der Waals surface area contributed by atoms with E-state index in [4.69, 9.17) is 0 Å². The topological polar surface area (TPSA) is 64.9 Å². The summed E-state index contributed by atoms with van der Waals surface area (Å²) in [5.74, 6) is 0.169. The van der Waals surface area contributed by atoms with Crippen LogP contribution in [0.1, 0.15) is 104 Å². The molecule has 1 amide bonds. The number of amides is 1. The molecule has 1 aliphatic heterocycles. The predicted octanol–water partition coefficient (Wildman–Crippen LogP) is 4.72. The predicted molar refractivity (Wildman–Crippen MR) is 124 cm³/mol. The molecule has 2 N–H and O–H groups in total. The molecule has 0 saturated carbocycles. The van der Waals surface area contributed by atoms with E-state index in [2.05, 4.69) is 17.2 Å². The number of hydrogen-bond acceptors (Lipinski definition) is 4. The first-order chi connectivity index (χ1) is 14.1. The number of rotatable bonds is 18. The number of nitrogens with one attached hydrogen (secondary N) is 1. The molecule has 1 unspecified atom stereocenters. The van der Waals surface area contributed by atoms with Crippen LogP contribution < -0.4 is 5.32 Å². The summed E-state index contributed by atoms with van der Waals surface area (Å²) in [6, 6.07) is 0. The van der Waals surface area contributed by atoms with Crippen LogP contribution in [0.15, 0.2) is 4.99 Å². The summed E-state index contributed by atoms with van der Waals surface area (Å²) in [7, 11) is 0. The van der Waals surface area contributed by atoms with Crippen molar-refractivity contribution in [2.45, 2.75) is 110 Å². The summed E-state index contributed by atoms with van der Waals surface area (Å²) in [5, 5.41) is 13.4. The molecule has 0 radical (unpaired) electrons. The number of nitrogens with zero attached hydrogens (tertiary/aromatic N) is 2. The molecule has 1 atom stereocenters. The molecular weight excluding hydrogens is 362 g/mol. The molecule has 5 nitrogen and oxygen atoms in total. The van der Waals surface area contributed by atoms with Gasteiger partial charge in [0.15, 0.2) is 0 Å². The average molecular weight is 410 g/mol. The van der Waals surface area contributed by atoms with Crippen molar-refractivity contribution in [3.8, 4) is 0 Å². The Kier molecular flexibility index (Phi) is 16.1. The van der Waals surface area contributed by atoms with E-state index in [1.54, 1.807) is 0 Å². The molecule has 0 bridgehead atoms. The summed E-state index contributed by atoms with van der Waals surface area (Å²) in [6.07, 6.45) is 17.2. The van der Waals surface area contributed by atoms with Crippen LogP contribution in [0.3, 0.4) is 0 Å². The van der Waals surface area contributed by atoms with E-state index in [0.717, 1.165) is 25.1 Å². The minimum atomic E-state index is -0.275. The molecule has 0 aromatic carbocycles. The Morgan fingerprint density at radius 3 is 2.21 bits per heavy atom. The maximum absolute atomic E-state index is 12.1. The minimum absolute atomic E-state index is 0.169. The molecule has 1 heterocycles. The van der Waals surface area contributed by atoms with Gasteiger partial charge in [-0.1, -0.05) is 84.0 Å². The van der Waals surface area contributed by atoms with E-state index >= 15 is 0 Å². The fraction of sp³-hybridized carbons (Fsp3) is 0.917. The monoisotopic (exact) mass is 409 g/mol. The summed E-state index contributed by atoms with van der Waals surface area (Å²) in [5.41, 5.74) is 0.934. The molecule has 29 heavy (non-hydrogen) atoms. The van der Waals surface area contributed by atoms with Gasteiger partial charge in [-0.05, 0) is 13.3 Å². The lowest BCUT2D eigenvalue weighted by Gasteiger charge is -2.21. The Morgan fingerprint density at radius 2 is 1.59 bits per heavy atom. The molecule has 0 aliphatic carbocycles. The lowest BCUT2D eigenvalue weighted by Crippen LogP contribution is -2.39. The van der Waals surface area contributed by atoms with Crippen molar-refractivity contribution in [2.75, 3.05) is 32.7 Å². The Labute approximate surface area is 179 Å². The van der Waals surface area contributed by atoms with Crippen LogP contribution in [-0.2, 0) is 4.79 Å². The maximum atomic E-state index is 12.1. The van der Waals surface area contributed by atoms with Gasteiger partial charge in [-0.3, -0.25) is 9.79 Å². The Morgan fingerprint density at radius 1 is 1.00 bits per heavy atom. The zero-order valence-corrected chi connectivity index (χ0v) is 19.3. The van der Waals surface area contributed by atoms with E-state index in [1.165, 1.54) is 70.6 Å². The molecule has 170 valence electrons. The summed E-state index contributed by atoms with van der Waals surface area (Å²) in [6.45, 7) is 7.67. The third kappa shape index (κ3) is 14.6. The van der Waals surface area contributed by atoms with E-state index in [9.17, 15) is 9.90 Å². The van der Waals surface area contributed by atoms with Crippen molar-refractivity contribution < 1.29 is 9.90 Å². The highest BCUT2D eigenvalue weighted by atomic mass is 16.3. The van der Waals surface area contributed by atoms with Crippen LogP contribution in [0.2, 0.25) is 0 Å². The van der Waals surface area contributed by atoms with Gasteiger partial charge in [-0.25, -0.2) is 0 Å². The lowest BCUT2D eigenvalue weighted by atomic mass is 10.0. The largest absolute Gasteiger partial charge is 0.392 e. The number of hydrogen-bond donors (Lipinski definition) is 2. The first-order valence-corrected chi connectivity index (χ1v) is 12.3. The number of carbonyl (C=O) groups excluding carboxylic acids is 1. The number of carbonyl (C=O) groups is 1. The standard InChI is InChI=1S/C24H47N3O2/c1-3-4-5-6-7-8-9-10-11-12-13-14-15-23(28)21-25-16-18-27-19-17-26-22(2)20-24(27)29/h23,25,28H,3-21H2,1-2H3. The summed E-state index contributed by atoms with van der Waals surface area (Å²) >= 11 is 0. The molecule has 0 aromatic rings. The zero-order valence-electron chi connectivity index (χ0n) is 19.3. The highest BCUT2D eigenvalue weighted by Crippen LogP contribution is 2.13. The van der Waals surface area contributed by atoms with Gasteiger partial charge in [0, 0.05) is 31.9 Å². The Bertz CT molecular complexity index is 440. The van der Waals surface area contributed by atoms with Crippen LogP contribution in [-0.4, -0.2) is 60.5 Å². The summed E-state index contributed by atoms with van der Waals surface area (Å²) < 4.78 is 0. The third-order valence-corrected chi connectivity index (χ3v) is 5.84. The van der Waals surface area contributed by atoms with Gasteiger partial charge in [-0.15, -0.1) is 0 Å². The van der Waals surface area contributed by atoms with Gasteiger partial charge in [0.25, 0.3) is 0 Å². The van der Waals surface area contributed by atoms with Crippen molar-refractivity contribution in [3.63, 3.8) is 0 Å². The average Bonchev–Trinajstić information content (AvgIpc) is 2.86. The Balaban J connectivity index is 1.86. The van der Waals surface area contributed by atoms with Gasteiger partial charge in [0.2, 0.25) is 5.91 Å². The highest BCUT2D eigenvalue weighted by molar-refractivity contribution is 6.00. The van der Waals surface area contributed by atoms with Crippen LogP contribution in [0.5, 0.6) is 0 Å². The zero-order chi connectivity index (χ0) is 21.2. The molecule has 1 rings (SSSR count). The second-order valence-corrected chi connectivity index (χ2v) is 8.71.